The van der Waals surface area contributed by atoms with Crippen molar-refractivity contribution in [1.29, 1.82) is 0 Å². The quantitative estimate of drug-likeness (QED) is 0.473. The lowest BCUT2D eigenvalue weighted by Crippen LogP contribution is -2.46. The first-order valence-corrected chi connectivity index (χ1v) is 15.7. The number of ether oxygens (including phenoxy) is 2. The van der Waals surface area contributed by atoms with Crippen LogP contribution in [0.1, 0.15) is 82.5 Å². The first kappa shape index (κ1) is 31.3. The molecule has 3 aliphatic rings. The number of rotatable bonds is 6. The number of nitrogens with one attached hydrogen (secondary N) is 2. The summed E-state index contributed by atoms with van der Waals surface area (Å²) in [5, 5.41) is 6.35. The van der Waals surface area contributed by atoms with E-state index < -0.39 is 5.60 Å². The van der Waals surface area contributed by atoms with E-state index in [1.807, 2.05) is 20.8 Å². The normalized spacial score (nSPS) is 19.6. The fraction of sp³-hybridized carbons (Fsp3) is 0.594. The zero-order chi connectivity index (χ0) is 31.4. The molecule has 12 heteroatoms. The van der Waals surface area contributed by atoms with Gasteiger partial charge in [0, 0.05) is 50.7 Å². The molecule has 1 aromatic carbocycles. The second-order valence-electron chi connectivity index (χ2n) is 12.9. The highest BCUT2D eigenvalue weighted by Gasteiger charge is 2.32. The molecular formula is C32H45N7O5. The molecule has 5 rings (SSSR count). The van der Waals surface area contributed by atoms with Gasteiger partial charge < -0.3 is 34.8 Å². The monoisotopic (exact) mass is 607 g/mol. The zero-order valence-electron chi connectivity index (χ0n) is 26.5. The Labute approximate surface area is 259 Å². The Kier molecular flexibility index (Phi) is 9.45. The minimum Gasteiger partial charge on any atom is -0.495 e. The van der Waals surface area contributed by atoms with E-state index in [9.17, 15) is 14.4 Å². The predicted octanol–water partition coefficient (Wildman–Crippen LogP) is 4.86. The predicted molar refractivity (Wildman–Crippen MR) is 169 cm³/mol. The van der Waals surface area contributed by atoms with Crippen LogP contribution >= 0.6 is 0 Å². The average Bonchev–Trinajstić information content (AvgIpc) is 3.37. The van der Waals surface area contributed by atoms with Crippen LogP contribution in [0.2, 0.25) is 0 Å². The van der Waals surface area contributed by atoms with E-state index in [1.165, 1.54) is 12.8 Å². The van der Waals surface area contributed by atoms with Crippen LogP contribution in [0.25, 0.3) is 0 Å². The molecule has 2 aromatic rings. The van der Waals surface area contributed by atoms with E-state index in [2.05, 4.69) is 20.5 Å². The largest absolute Gasteiger partial charge is 0.495 e. The van der Waals surface area contributed by atoms with Gasteiger partial charge in [-0.2, -0.15) is 4.98 Å². The van der Waals surface area contributed by atoms with E-state index >= 15 is 0 Å². The summed E-state index contributed by atoms with van der Waals surface area (Å²) in [5.41, 5.74) is 1.17. The van der Waals surface area contributed by atoms with Crippen LogP contribution in [0.15, 0.2) is 24.4 Å². The second kappa shape index (κ2) is 13.3. The van der Waals surface area contributed by atoms with E-state index in [1.54, 1.807) is 48.4 Å². The fourth-order valence-electron chi connectivity index (χ4n) is 6.15. The molecular weight excluding hydrogens is 562 g/mol. The Morgan fingerprint density at radius 1 is 1.05 bits per heavy atom. The van der Waals surface area contributed by atoms with E-state index in [0.29, 0.717) is 60.7 Å². The van der Waals surface area contributed by atoms with Crippen LogP contribution in [0.5, 0.6) is 5.75 Å². The van der Waals surface area contributed by atoms with Crippen LogP contribution < -0.4 is 25.2 Å². The zero-order valence-corrected chi connectivity index (χ0v) is 26.5. The highest BCUT2D eigenvalue weighted by atomic mass is 16.6. The van der Waals surface area contributed by atoms with Crippen molar-refractivity contribution >= 4 is 41.0 Å². The van der Waals surface area contributed by atoms with Gasteiger partial charge in [-0.05, 0) is 71.1 Å². The Balaban J connectivity index is 1.30. The number of hydrogen-bond acceptors (Lipinski definition) is 9. The Hall–Kier alpha value is -4.09. The van der Waals surface area contributed by atoms with Crippen molar-refractivity contribution in [2.45, 2.75) is 89.8 Å². The third-order valence-corrected chi connectivity index (χ3v) is 8.46. The summed E-state index contributed by atoms with van der Waals surface area (Å²) in [4.78, 5) is 53.6. The fourth-order valence-corrected chi connectivity index (χ4v) is 6.15. The van der Waals surface area contributed by atoms with E-state index in [0.717, 1.165) is 37.9 Å². The number of nitrogens with zero attached hydrogens (tertiary/aromatic N) is 5. The molecule has 44 heavy (non-hydrogen) atoms. The summed E-state index contributed by atoms with van der Waals surface area (Å²) in [5.74, 6) is 1.40. The third kappa shape index (κ3) is 7.34. The van der Waals surface area contributed by atoms with Crippen molar-refractivity contribution in [2.24, 2.45) is 0 Å². The van der Waals surface area contributed by atoms with Gasteiger partial charge in [-0.1, -0.05) is 12.8 Å². The summed E-state index contributed by atoms with van der Waals surface area (Å²) >= 11 is 0. The molecule has 0 bridgehead atoms. The molecule has 0 spiro atoms. The maximum Gasteiger partial charge on any atom is 0.410 e. The number of methoxy groups -OCH3 is 1. The standard InChI is InChI=1S/C32H45N7O5/c1-32(2,3)44-31(42)38-16-9-8-10-22(20-38)34-29(41)21-13-14-24(26(18-21)43-5)35-30-33-19-25-28(36-30)39(23-11-6-7-12-23)17-15-27(40)37(25)4/h13-14,18-19,22-23H,6-12,15-17,20H2,1-5H3,(H,34,41)(H,33,35,36). The number of amides is 3. The highest BCUT2D eigenvalue weighted by Crippen LogP contribution is 2.37. The smallest absolute Gasteiger partial charge is 0.410 e. The lowest BCUT2D eigenvalue weighted by Gasteiger charge is -2.30. The highest BCUT2D eigenvalue weighted by molar-refractivity contribution is 5.97. The van der Waals surface area contributed by atoms with Gasteiger partial charge in [-0.15, -0.1) is 0 Å². The van der Waals surface area contributed by atoms with Gasteiger partial charge in [0.05, 0.1) is 19.0 Å². The summed E-state index contributed by atoms with van der Waals surface area (Å²) in [6.45, 7) is 7.16. The van der Waals surface area contributed by atoms with Crippen LogP contribution in [0.4, 0.5) is 27.9 Å². The molecule has 3 amide bonds. The Morgan fingerprint density at radius 2 is 1.80 bits per heavy atom. The van der Waals surface area contributed by atoms with Crippen LogP contribution in [0, 0.1) is 0 Å². The van der Waals surface area contributed by atoms with Gasteiger partial charge in [0.1, 0.15) is 17.0 Å². The van der Waals surface area contributed by atoms with Crippen LogP contribution in [-0.4, -0.2) is 84.3 Å². The molecule has 1 saturated heterocycles. The molecule has 1 aromatic heterocycles. The summed E-state index contributed by atoms with van der Waals surface area (Å²) in [6.07, 6.45) is 8.82. The molecule has 2 aliphatic heterocycles. The first-order valence-electron chi connectivity index (χ1n) is 15.7. The number of benzene rings is 1. The number of fused-ring (bicyclic) bond motifs is 1. The number of hydrogen-bond donors (Lipinski definition) is 2. The number of likely N-dealkylation sites (tertiary alicyclic amines) is 1. The van der Waals surface area contributed by atoms with Crippen molar-refractivity contribution in [1.82, 2.24) is 20.2 Å². The van der Waals surface area contributed by atoms with Gasteiger partial charge in [0.25, 0.3) is 5.91 Å². The van der Waals surface area contributed by atoms with Gasteiger partial charge in [-0.25, -0.2) is 9.78 Å². The number of carbonyl (C=O) groups excluding carboxylic acids is 3. The molecule has 0 radical (unpaired) electrons. The number of aromatic nitrogens is 2. The van der Waals surface area contributed by atoms with Crippen molar-refractivity contribution < 1.29 is 23.9 Å². The lowest BCUT2D eigenvalue weighted by molar-refractivity contribution is -0.118. The first-order chi connectivity index (χ1) is 21.0. The summed E-state index contributed by atoms with van der Waals surface area (Å²) in [7, 11) is 3.32. The van der Waals surface area contributed by atoms with Gasteiger partial charge >= 0.3 is 6.09 Å². The molecule has 2 fully saturated rings. The van der Waals surface area contributed by atoms with Crippen molar-refractivity contribution in [2.75, 3.05) is 48.9 Å². The minimum atomic E-state index is -0.581. The maximum atomic E-state index is 13.3. The average molecular weight is 608 g/mol. The van der Waals surface area contributed by atoms with Crippen molar-refractivity contribution in [3.63, 3.8) is 0 Å². The van der Waals surface area contributed by atoms with Gasteiger partial charge in [0.2, 0.25) is 11.9 Å². The Morgan fingerprint density at radius 3 is 2.52 bits per heavy atom. The van der Waals surface area contributed by atoms with E-state index in [4.69, 9.17) is 14.5 Å². The molecule has 1 saturated carbocycles. The molecule has 1 atom stereocenters. The number of anilines is 4. The molecule has 1 aliphatic carbocycles. The third-order valence-electron chi connectivity index (χ3n) is 8.46. The van der Waals surface area contributed by atoms with Gasteiger partial charge in [0.15, 0.2) is 5.82 Å². The molecule has 3 heterocycles. The second-order valence-corrected chi connectivity index (χ2v) is 12.9. The van der Waals surface area contributed by atoms with Crippen LogP contribution in [-0.2, 0) is 9.53 Å². The number of carbonyl (C=O) groups is 3. The van der Waals surface area contributed by atoms with Crippen LogP contribution in [0.3, 0.4) is 0 Å². The maximum absolute atomic E-state index is 13.3. The molecule has 1 unspecified atom stereocenters. The van der Waals surface area contributed by atoms with Gasteiger partial charge in [-0.3, -0.25) is 9.59 Å². The molecule has 12 nitrogen and oxygen atoms in total. The topological polar surface area (TPSA) is 129 Å². The summed E-state index contributed by atoms with van der Waals surface area (Å²) < 4.78 is 11.2. The van der Waals surface area contributed by atoms with Crippen molar-refractivity contribution in [3.05, 3.63) is 30.0 Å². The SMILES string of the molecule is COc1cc(C(=O)NC2CCCCN(C(=O)OC(C)(C)C)C2)ccc1Nc1ncc2c(n1)N(C1CCCC1)CCC(=O)N2C. The minimum absolute atomic E-state index is 0.0491. The molecule has 2 N–H and O–H groups in total. The molecule has 238 valence electrons. The summed E-state index contributed by atoms with van der Waals surface area (Å²) in [6, 6.07) is 5.34. The Bertz CT molecular complexity index is 1370. The lowest BCUT2D eigenvalue weighted by atomic mass is 10.1. The van der Waals surface area contributed by atoms with Crippen molar-refractivity contribution in [3.8, 4) is 5.75 Å². The van der Waals surface area contributed by atoms with E-state index in [-0.39, 0.29) is 23.9 Å².